The van der Waals surface area contributed by atoms with Crippen LogP contribution in [0.25, 0.3) is 0 Å². The summed E-state index contributed by atoms with van der Waals surface area (Å²) >= 11 is 0. The van der Waals surface area contributed by atoms with Crippen molar-refractivity contribution in [1.29, 1.82) is 0 Å². The van der Waals surface area contributed by atoms with Gasteiger partial charge in [0.1, 0.15) is 4.90 Å². The molecule has 21 heavy (non-hydrogen) atoms. The fourth-order valence-electron chi connectivity index (χ4n) is 3.19. The van der Waals surface area contributed by atoms with E-state index < -0.39 is 10.0 Å². The topological polar surface area (TPSA) is 89.4 Å². The zero-order valence-corrected chi connectivity index (χ0v) is 13.6. The average molecular weight is 311 g/mol. The van der Waals surface area contributed by atoms with Crippen molar-refractivity contribution in [3.8, 4) is 0 Å². The van der Waals surface area contributed by atoms with Crippen molar-refractivity contribution in [2.24, 2.45) is 10.6 Å². The number of nitrogens with zero attached hydrogens (tertiary/aromatic N) is 1. The Morgan fingerprint density at radius 1 is 1.19 bits per heavy atom. The molecule has 0 radical (unpaired) electrons. The van der Waals surface area contributed by atoms with Crippen LogP contribution in [-0.2, 0) is 10.0 Å². The van der Waals surface area contributed by atoms with Crippen LogP contribution in [0.2, 0.25) is 0 Å². The second kappa shape index (κ2) is 5.85. The lowest BCUT2D eigenvalue weighted by atomic mass is 9.74. The highest BCUT2D eigenvalue weighted by Crippen LogP contribution is 2.39. The van der Waals surface area contributed by atoms with E-state index in [0.29, 0.717) is 5.41 Å². The molecule has 4 N–H and O–H groups in total. The molecule has 0 spiro atoms. The van der Waals surface area contributed by atoms with Crippen LogP contribution in [0.4, 0.5) is 11.4 Å². The molecule has 0 bridgehead atoms. The Kier molecular flexibility index (Phi) is 4.49. The molecule has 0 amide bonds. The van der Waals surface area contributed by atoms with Crippen molar-refractivity contribution < 1.29 is 8.42 Å². The second-order valence-electron chi connectivity index (χ2n) is 5.96. The van der Waals surface area contributed by atoms with Crippen LogP contribution >= 0.6 is 0 Å². The number of benzene rings is 1. The highest BCUT2D eigenvalue weighted by atomic mass is 32.2. The Hall–Kier alpha value is -1.27. The monoisotopic (exact) mass is 311 g/mol. The van der Waals surface area contributed by atoms with E-state index in [1.54, 1.807) is 12.1 Å². The summed E-state index contributed by atoms with van der Waals surface area (Å²) < 4.78 is 22.8. The van der Waals surface area contributed by atoms with Crippen LogP contribution in [0, 0.1) is 5.41 Å². The smallest absolute Gasteiger partial charge is 0.240 e. The maximum atomic E-state index is 11.4. The maximum Gasteiger partial charge on any atom is 0.240 e. The number of hydrogen-bond donors (Lipinski definition) is 2. The lowest BCUT2D eigenvalue weighted by molar-refractivity contribution is 0.199. The minimum absolute atomic E-state index is 0.000257. The van der Waals surface area contributed by atoms with Gasteiger partial charge in [0, 0.05) is 18.8 Å². The SMILES string of the molecule is CCC1(CC)CCN(c2ccc(S(N)(=O)=O)c(N)c2)CC1. The molecule has 0 aliphatic carbocycles. The first-order chi connectivity index (χ1) is 9.81. The van der Waals surface area contributed by atoms with Crippen molar-refractivity contribution in [3.63, 3.8) is 0 Å². The van der Waals surface area contributed by atoms with E-state index in [0.717, 1.165) is 31.6 Å². The first-order valence-electron chi connectivity index (χ1n) is 7.48. The minimum atomic E-state index is -3.75. The summed E-state index contributed by atoms with van der Waals surface area (Å²) in [5, 5.41) is 5.14. The molecule has 2 rings (SSSR count). The van der Waals surface area contributed by atoms with Gasteiger partial charge < -0.3 is 10.6 Å². The van der Waals surface area contributed by atoms with Crippen LogP contribution in [0.5, 0.6) is 0 Å². The molecule has 1 fully saturated rings. The molecule has 1 heterocycles. The molecule has 6 heteroatoms. The van der Waals surface area contributed by atoms with Crippen LogP contribution in [0.15, 0.2) is 23.1 Å². The lowest BCUT2D eigenvalue weighted by Crippen LogP contribution is -2.39. The Morgan fingerprint density at radius 2 is 1.76 bits per heavy atom. The third-order valence-electron chi connectivity index (χ3n) is 4.99. The zero-order chi connectivity index (χ0) is 15.7. The zero-order valence-electron chi connectivity index (χ0n) is 12.8. The van der Waals surface area contributed by atoms with Crippen LogP contribution < -0.4 is 15.8 Å². The highest BCUT2D eigenvalue weighted by Gasteiger charge is 2.31. The molecule has 1 aliphatic heterocycles. The van der Waals surface area contributed by atoms with Crippen molar-refractivity contribution in [2.75, 3.05) is 23.7 Å². The van der Waals surface area contributed by atoms with Gasteiger partial charge in [-0.25, -0.2) is 13.6 Å². The highest BCUT2D eigenvalue weighted by molar-refractivity contribution is 7.89. The van der Waals surface area contributed by atoms with E-state index in [4.69, 9.17) is 10.9 Å². The number of anilines is 2. The largest absolute Gasteiger partial charge is 0.398 e. The Bertz CT molecular complexity index is 599. The van der Waals surface area contributed by atoms with Crippen LogP contribution in [-0.4, -0.2) is 21.5 Å². The van der Waals surface area contributed by atoms with Gasteiger partial charge in [0.05, 0.1) is 5.69 Å². The molecule has 1 saturated heterocycles. The van der Waals surface area contributed by atoms with Crippen LogP contribution in [0.3, 0.4) is 0 Å². The summed E-state index contributed by atoms with van der Waals surface area (Å²) in [7, 11) is -3.75. The molecule has 0 saturated carbocycles. The molecule has 0 unspecified atom stereocenters. The molecular formula is C15H25N3O2S. The average Bonchev–Trinajstić information content (AvgIpc) is 2.46. The predicted molar refractivity (Wildman–Crippen MR) is 86.7 cm³/mol. The third-order valence-corrected chi connectivity index (χ3v) is 5.97. The molecule has 0 atom stereocenters. The number of primary sulfonamides is 1. The summed E-state index contributed by atoms with van der Waals surface area (Å²) in [6, 6.07) is 5.01. The van der Waals surface area contributed by atoms with Crippen LogP contribution in [0.1, 0.15) is 39.5 Å². The van der Waals surface area contributed by atoms with Gasteiger partial charge >= 0.3 is 0 Å². The molecule has 1 aromatic carbocycles. The van der Waals surface area contributed by atoms with Crippen molar-refractivity contribution >= 4 is 21.4 Å². The van der Waals surface area contributed by atoms with Gasteiger partial charge in [-0.15, -0.1) is 0 Å². The third kappa shape index (κ3) is 3.32. The van der Waals surface area contributed by atoms with E-state index in [1.807, 2.05) is 0 Å². The summed E-state index contributed by atoms with van der Waals surface area (Å²) in [6.07, 6.45) is 4.75. The number of sulfonamides is 1. The Labute approximate surface area is 127 Å². The van der Waals surface area contributed by atoms with Gasteiger partial charge in [-0.05, 0) is 36.5 Å². The fraction of sp³-hybridized carbons (Fsp3) is 0.600. The molecule has 0 aromatic heterocycles. The number of hydrogen-bond acceptors (Lipinski definition) is 4. The van der Waals surface area contributed by atoms with E-state index in [2.05, 4.69) is 18.7 Å². The molecular weight excluding hydrogens is 286 g/mol. The maximum absolute atomic E-state index is 11.4. The molecule has 1 aliphatic rings. The second-order valence-corrected chi connectivity index (χ2v) is 7.49. The molecule has 5 nitrogen and oxygen atoms in total. The summed E-state index contributed by atoms with van der Waals surface area (Å²) in [5.41, 5.74) is 7.49. The minimum Gasteiger partial charge on any atom is -0.398 e. The summed E-state index contributed by atoms with van der Waals surface area (Å²) in [4.78, 5) is 2.27. The first-order valence-corrected chi connectivity index (χ1v) is 9.03. The van der Waals surface area contributed by atoms with Gasteiger partial charge in [0.25, 0.3) is 0 Å². The number of nitrogen functional groups attached to an aromatic ring is 1. The predicted octanol–water partition coefficient (Wildman–Crippen LogP) is 2.32. The Balaban J connectivity index is 2.17. The van der Waals surface area contributed by atoms with Gasteiger partial charge in [-0.2, -0.15) is 0 Å². The lowest BCUT2D eigenvalue weighted by Gasteiger charge is -2.42. The molecule has 1 aromatic rings. The normalized spacial score (nSPS) is 18.7. The van der Waals surface area contributed by atoms with Gasteiger partial charge in [0.2, 0.25) is 10.0 Å². The number of nitrogens with two attached hydrogens (primary N) is 2. The van der Waals surface area contributed by atoms with Gasteiger partial charge in [-0.3, -0.25) is 0 Å². The van der Waals surface area contributed by atoms with Gasteiger partial charge in [0.15, 0.2) is 0 Å². The number of rotatable bonds is 4. The quantitative estimate of drug-likeness (QED) is 0.835. The van der Waals surface area contributed by atoms with Crippen molar-refractivity contribution in [3.05, 3.63) is 18.2 Å². The van der Waals surface area contributed by atoms with Crippen molar-refractivity contribution in [2.45, 2.75) is 44.4 Å². The molecule has 118 valence electrons. The first kappa shape index (κ1) is 16.1. The summed E-state index contributed by atoms with van der Waals surface area (Å²) in [5.74, 6) is 0. The van der Waals surface area contributed by atoms with Gasteiger partial charge in [-0.1, -0.05) is 26.7 Å². The van der Waals surface area contributed by atoms with E-state index in [9.17, 15) is 8.42 Å². The summed E-state index contributed by atoms with van der Waals surface area (Å²) in [6.45, 7) is 6.49. The van der Waals surface area contributed by atoms with E-state index >= 15 is 0 Å². The Morgan fingerprint density at radius 3 is 2.19 bits per heavy atom. The number of piperidine rings is 1. The van der Waals surface area contributed by atoms with E-state index in [1.165, 1.54) is 18.9 Å². The van der Waals surface area contributed by atoms with Crippen molar-refractivity contribution in [1.82, 2.24) is 0 Å². The fourth-order valence-corrected chi connectivity index (χ4v) is 3.83. The van der Waals surface area contributed by atoms with E-state index in [-0.39, 0.29) is 10.6 Å². The standard InChI is InChI=1S/C15H25N3O2S/c1-3-15(4-2)7-9-18(10-8-15)12-5-6-14(13(16)11-12)21(17,19)20/h5-6,11H,3-4,7-10,16H2,1-2H3,(H2,17,19,20).